The van der Waals surface area contributed by atoms with Crippen LogP contribution in [0.3, 0.4) is 0 Å². The van der Waals surface area contributed by atoms with Crippen molar-refractivity contribution < 1.29 is 0 Å². The Morgan fingerprint density at radius 1 is 1.36 bits per heavy atom. The maximum atomic E-state index is 11.4. The molecule has 0 fully saturated rings. The molecule has 3 N–H and O–H groups in total. The fourth-order valence-electron chi connectivity index (χ4n) is 1.22. The number of hydrogen-bond donors (Lipinski definition) is 2. The highest BCUT2D eigenvalue weighted by Gasteiger charge is 2.02. The number of aromatic nitrogens is 2. The summed E-state index contributed by atoms with van der Waals surface area (Å²) in [5.41, 5.74) is 6.05. The van der Waals surface area contributed by atoms with Gasteiger partial charge in [0.05, 0.1) is 5.69 Å². The van der Waals surface area contributed by atoms with Crippen LogP contribution in [0.2, 0.25) is 0 Å². The van der Waals surface area contributed by atoms with Gasteiger partial charge in [-0.25, -0.2) is 4.68 Å². The predicted octanol–water partition coefficient (Wildman–Crippen LogP) is 1.51. The molecule has 0 aliphatic heterocycles. The molecule has 2 rings (SSSR count). The molecule has 0 unspecified atom stereocenters. The van der Waals surface area contributed by atoms with Crippen molar-refractivity contribution in [2.75, 3.05) is 5.73 Å². The second kappa shape index (κ2) is 3.34. The minimum atomic E-state index is -0.166. The van der Waals surface area contributed by atoms with Crippen molar-refractivity contribution in [3.05, 3.63) is 45.2 Å². The van der Waals surface area contributed by atoms with E-state index >= 15 is 0 Å². The molecule has 0 atom stereocenters. The highest BCUT2D eigenvalue weighted by atomic mass is 79.9. The summed E-state index contributed by atoms with van der Waals surface area (Å²) in [5.74, 6) is 0.356. The molecule has 1 heterocycles. The first kappa shape index (κ1) is 9.08. The van der Waals surface area contributed by atoms with E-state index in [9.17, 15) is 4.79 Å². The van der Waals surface area contributed by atoms with Gasteiger partial charge in [0.25, 0.3) is 5.56 Å². The molecule has 72 valence electrons. The van der Waals surface area contributed by atoms with E-state index in [0.717, 1.165) is 10.2 Å². The van der Waals surface area contributed by atoms with Crippen molar-refractivity contribution in [2.24, 2.45) is 0 Å². The fraction of sp³-hybridized carbons (Fsp3) is 0. The first-order chi connectivity index (χ1) is 6.66. The molecule has 0 amide bonds. The van der Waals surface area contributed by atoms with Crippen LogP contribution in [0.1, 0.15) is 0 Å². The summed E-state index contributed by atoms with van der Waals surface area (Å²) in [7, 11) is 0. The smallest absolute Gasteiger partial charge is 0.273 e. The number of rotatable bonds is 1. The van der Waals surface area contributed by atoms with E-state index < -0.39 is 0 Å². The molecule has 0 saturated heterocycles. The lowest BCUT2D eigenvalue weighted by Gasteiger charge is -2.01. The van der Waals surface area contributed by atoms with Crippen molar-refractivity contribution in [2.45, 2.75) is 0 Å². The third kappa shape index (κ3) is 1.58. The van der Waals surface area contributed by atoms with Gasteiger partial charge in [-0.05, 0) is 18.2 Å². The maximum Gasteiger partial charge on any atom is 0.273 e. The third-order valence-electron chi connectivity index (χ3n) is 1.81. The Bertz CT molecular complexity index is 515. The summed E-state index contributed by atoms with van der Waals surface area (Å²) in [4.78, 5) is 11.4. The van der Waals surface area contributed by atoms with E-state index in [1.165, 1.54) is 10.7 Å². The van der Waals surface area contributed by atoms with Gasteiger partial charge >= 0.3 is 0 Å². The Hall–Kier alpha value is -1.49. The molecule has 4 nitrogen and oxygen atoms in total. The lowest BCUT2D eigenvalue weighted by atomic mass is 10.3. The quantitative estimate of drug-likeness (QED) is 0.810. The number of H-pyrrole nitrogens is 1. The zero-order valence-electron chi connectivity index (χ0n) is 7.20. The van der Waals surface area contributed by atoms with Gasteiger partial charge < -0.3 is 5.73 Å². The fourth-order valence-corrected chi connectivity index (χ4v) is 1.61. The minimum Gasteiger partial charge on any atom is -0.384 e. The largest absolute Gasteiger partial charge is 0.384 e. The summed E-state index contributed by atoms with van der Waals surface area (Å²) in [6, 6.07) is 8.74. The topological polar surface area (TPSA) is 63.8 Å². The number of nitrogens with two attached hydrogens (primary N) is 1. The molecular formula is C9H8BrN3O. The highest BCUT2D eigenvalue weighted by molar-refractivity contribution is 9.10. The molecule has 14 heavy (non-hydrogen) atoms. The first-order valence-electron chi connectivity index (χ1n) is 4.00. The van der Waals surface area contributed by atoms with E-state index in [1.54, 1.807) is 0 Å². The van der Waals surface area contributed by atoms with Crippen LogP contribution in [0, 0.1) is 0 Å². The van der Waals surface area contributed by atoms with Gasteiger partial charge in [0.1, 0.15) is 5.82 Å². The van der Waals surface area contributed by atoms with Gasteiger partial charge in [0, 0.05) is 10.5 Å². The molecule has 5 heteroatoms. The molecule has 0 spiro atoms. The normalized spacial score (nSPS) is 10.4. The standard InChI is InChI=1S/C9H8BrN3O/c10-6-2-1-3-7(4-6)13-9(14)5-8(11)12-13/h1-5,12H,11H2. The van der Waals surface area contributed by atoms with Crippen molar-refractivity contribution >= 4 is 21.7 Å². The number of nitrogens with one attached hydrogen (secondary N) is 1. The van der Waals surface area contributed by atoms with Gasteiger partial charge in [0.2, 0.25) is 0 Å². The Morgan fingerprint density at radius 3 is 2.71 bits per heavy atom. The van der Waals surface area contributed by atoms with Crippen LogP contribution in [-0.4, -0.2) is 9.78 Å². The number of aromatic amines is 1. The number of halogens is 1. The molecular weight excluding hydrogens is 246 g/mol. The highest BCUT2D eigenvalue weighted by Crippen LogP contribution is 2.13. The van der Waals surface area contributed by atoms with Gasteiger partial charge in [-0.3, -0.25) is 9.89 Å². The number of nitrogens with zero attached hydrogens (tertiary/aromatic N) is 1. The number of hydrogen-bond acceptors (Lipinski definition) is 2. The average molecular weight is 254 g/mol. The lowest BCUT2D eigenvalue weighted by molar-refractivity contribution is 0.853. The predicted molar refractivity (Wildman–Crippen MR) is 58.5 cm³/mol. The minimum absolute atomic E-state index is 0.166. The van der Waals surface area contributed by atoms with Crippen LogP contribution in [0.4, 0.5) is 5.82 Å². The van der Waals surface area contributed by atoms with Crippen molar-refractivity contribution in [3.8, 4) is 5.69 Å². The molecule has 1 aromatic carbocycles. The molecule has 0 bridgehead atoms. The van der Waals surface area contributed by atoms with E-state index in [2.05, 4.69) is 21.0 Å². The van der Waals surface area contributed by atoms with Crippen LogP contribution in [0.5, 0.6) is 0 Å². The molecule has 2 aromatic rings. The SMILES string of the molecule is Nc1cc(=O)n(-c2cccc(Br)c2)[nH]1. The zero-order valence-corrected chi connectivity index (χ0v) is 8.78. The van der Waals surface area contributed by atoms with Gasteiger partial charge in [-0.2, -0.15) is 0 Å². The number of anilines is 1. The Balaban J connectivity index is 2.60. The summed E-state index contributed by atoms with van der Waals surface area (Å²) in [5, 5.41) is 2.75. The third-order valence-corrected chi connectivity index (χ3v) is 2.30. The number of nitrogen functional groups attached to an aromatic ring is 1. The molecule has 0 saturated carbocycles. The van der Waals surface area contributed by atoms with Gasteiger partial charge in [-0.1, -0.05) is 22.0 Å². The van der Waals surface area contributed by atoms with Gasteiger partial charge in [0.15, 0.2) is 0 Å². The first-order valence-corrected chi connectivity index (χ1v) is 4.79. The van der Waals surface area contributed by atoms with E-state index in [1.807, 2.05) is 24.3 Å². The second-order valence-electron chi connectivity index (χ2n) is 2.87. The summed E-state index contributed by atoms with van der Waals surface area (Å²) >= 11 is 3.33. The van der Waals surface area contributed by atoms with Crippen LogP contribution < -0.4 is 11.3 Å². The lowest BCUT2D eigenvalue weighted by Crippen LogP contribution is -2.13. The number of benzene rings is 1. The maximum absolute atomic E-state index is 11.4. The van der Waals surface area contributed by atoms with Crippen molar-refractivity contribution in [1.82, 2.24) is 9.78 Å². The Labute approximate surface area is 88.5 Å². The van der Waals surface area contributed by atoms with Crippen LogP contribution in [0.15, 0.2) is 39.6 Å². The van der Waals surface area contributed by atoms with Crippen molar-refractivity contribution in [3.63, 3.8) is 0 Å². The molecule has 0 aliphatic rings. The van der Waals surface area contributed by atoms with Crippen LogP contribution in [0.25, 0.3) is 5.69 Å². The summed E-state index contributed by atoms with van der Waals surface area (Å²) in [6.07, 6.45) is 0. The van der Waals surface area contributed by atoms with E-state index in [0.29, 0.717) is 5.82 Å². The Morgan fingerprint density at radius 2 is 2.14 bits per heavy atom. The van der Waals surface area contributed by atoms with Crippen LogP contribution >= 0.6 is 15.9 Å². The molecule has 0 radical (unpaired) electrons. The van der Waals surface area contributed by atoms with Crippen LogP contribution in [-0.2, 0) is 0 Å². The monoisotopic (exact) mass is 253 g/mol. The van der Waals surface area contributed by atoms with Gasteiger partial charge in [-0.15, -0.1) is 0 Å². The van der Waals surface area contributed by atoms with E-state index in [-0.39, 0.29) is 5.56 Å². The average Bonchev–Trinajstić information content (AvgIpc) is 2.45. The second-order valence-corrected chi connectivity index (χ2v) is 3.78. The molecule has 0 aliphatic carbocycles. The van der Waals surface area contributed by atoms with E-state index in [4.69, 9.17) is 5.73 Å². The summed E-state index contributed by atoms with van der Waals surface area (Å²) < 4.78 is 2.30. The van der Waals surface area contributed by atoms with Crippen molar-refractivity contribution in [1.29, 1.82) is 0 Å². The Kier molecular flexibility index (Phi) is 2.17. The molecule has 1 aromatic heterocycles. The zero-order chi connectivity index (χ0) is 10.1. The summed E-state index contributed by atoms with van der Waals surface area (Å²) in [6.45, 7) is 0.